The van der Waals surface area contributed by atoms with Gasteiger partial charge in [-0.1, -0.05) is 12.1 Å². The maximum atomic E-state index is 12.6. The molecule has 0 N–H and O–H groups in total. The van der Waals surface area contributed by atoms with E-state index in [-0.39, 0.29) is 5.91 Å². The zero-order valence-electron chi connectivity index (χ0n) is 12.4. The molecule has 1 amide bonds. The van der Waals surface area contributed by atoms with E-state index in [0.29, 0.717) is 18.0 Å². The smallest absolute Gasteiger partial charge is 0.256 e. The van der Waals surface area contributed by atoms with Crippen molar-refractivity contribution in [3.8, 4) is 16.4 Å². The van der Waals surface area contributed by atoms with Crippen molar-refractivity contribution in [1.82, 2.24) is 19.4 Å². The zero-order chi connectivity index (χ0) is 16.0. The predicted molar refractivity (Wildman–Crippen MR) is 90.0 cm³/mol. The molecule has 0 fully saturated rings. The highest BCUT2D eigenvalue weighted by Crippen LogP contribution is 2.32. The second kappa shape index (κ2) is 5.47. The van der Waals surface area contributed by atoms with Crippen LogP contribution in [0.25, 0.3) is 16.4 Å². The lowest BCUT2D eigenvalue weighted by Gasteiger charge is -2.14. The molecule has 0 saturated heterocycles. The molecule has 0 unspecified atom stereocenters. The Labute approximate surface area is 142 Å². The summed E-state index contributed by atoms with van der Waals surface area (Å²) >= 11 is 7.37. The molecule has 0 bridgehead atoms. The number of amides is 1. The number of nitrogens with zero attached hydrogens (tertiary/aromatic N) is 4. The molecular formula is C16H13ClN4OS. The second-order valence-corrected chi connectivity index (χ2v) is 6.49. The molecule has 3 aromatic rings. The summed E-state index contributed by atoms with van der Waals surface area (Å²) in [6.45, 7) is 0.485. The number of imidazole rings is 1. The molecule has 0 saturated carbocycles. The standard InChI is InChI=1S/C16H13ClN4OS/c1-20-7-13-14(15-19-10(6-17)8-23-15)18-9-21(13)12-5-3-2-4-11(12)16(20)22/h2-5,8-9H,6-7H2,1H3. The van der Waals surface area contributed by atoms with Crippen molar-refractivity contribution in [3.63, 3.8) is 0 Å². The summed E-state index contributed by atoms with van der Waals surface area (Å²) in [5, 5.41) is 2.77. The minimum absolute atomic E-state index is 0.0100. The van der Waals surface area contributed by atoms with E-state index < -0.39 is 0 Å². The molecule has 2 aromatic heterocycles. The maximum Gasteiger partial charge on any atom is 0.256 e. The fourth-order valence-corrected chi connectivity index (χ4v) is 3.82. The van der Waals surface area contributed by atoms with Crippen LogP contribution in [0.4, 0.5) is 0 Å². The largest absolute Gasteiger partial charge is 0.336 e. The second-order valence-electron chi connectivity index (χ2n) is 5.37. The number of fused-ring (bicyclic) bond motifs is 3. The molecule has 3 heterocycles. The van der Waals surface area contributed by atoms with Gasteiger partial charge in [-0.05, 0) is 12.1 Å². The molecule has 23 heavy (non-hydrogen) atoms. The third-order valence-electron chi connectivity index (χ3n) is 3.89. The number of thiazole rings is 1. The summed E-state index contributed by atoms with van der Waals surface area (Å²) in [4.78, 5) is 23.3. The molecule has 0 radical (unpaired) electrons. The van der Waals surface area contributed by atoms with Gasteiger partial charge in [-0.15, -0.1) is 22.9 Å². The lowest BCUT2D eigenvalue weighted by Crippen LogP contribution is -2.25. The van der Waals surface area contributed by atoms with Crippen LogP contribution in [0.2, 0.25) is 0 Å². The van der Waals surface area contributed by atoms with E-state index in [2.05, 4.69) is 9.97 Å². The van der Waals surface area contributed by atoms with E-state index in [1.807, 2.05) is 34.2 Å². The SMILES string of the molecule is CN1Cc2c(-c3nc(CCl)cs3)ncn2-c2ccccc2C1=O. The Morgan fingerprint density at radius 2 is 2.17 bits per heavy atom. The summed E-state index contributed by atoms with van der Waals surface area (Å²) < 4.78 is 1.98. The van der Waals surface area contributed by atoms with Gasteiger partial charge in [0.2, 0.25) is 0 Å². The van der Waals surface area contributed by atoms with E-state index in [9.17, 15) is 4.79 Å². The van der Waals surface area contributed by atoms with Crippen molar-refractivity contribution in [1.29, 1.82) is 0 Å². The highest BCUT2D eigenvalue weighted by atomic mass is 35.5. The van der Waals surface area contributed by atoms with Crippen molar-refractivity contribution in [3.05, 3.63) is 52.9 Å². The van der Waals surface area contributed by atoms with Crippen LogP contribution >= 0.6 is 22.9 Å². The number of halogens is 1. The number of hydrogen-bond acceptors (Lipinski definition) is 4. The van der Waals surface area contributed by atoms with E-state index in [0.717, 1.165) is 27.8 Å². The van der Waals surface area contributed by atoms with Crippen LogP contribution in [0, 0.1) is 0 Å². The van der Waals surface area contributed by atoms with Gasteiger partial charge in [0, 0.05) is 12.4 Å². The highest BCUT2D eigenvalue weighted by molar-refractivity contribution is 7.13. The molecule has 1 aliphatic heterocycles. The van der Waals surface area contributed by atoms with Crippen molar-refractivity contribution >= 4 is 28.8 Å². The molecular weight excluding hydrogens is 332 g/mol. The number of hydrogen-bond donors (Lipinski definition) is 0. The number of aromatic nitrogens is 3. The quantitative estimate of drug-likeness (QED) is 0.670. The van der Waals surface area contributed by atoms with Gasteiger partial charge in [0.25, 0.3) is 5.91 Å². The van der Waals surface area contributed by atoms with Gasteiger partial charge >= 0.3 is 0 Å². The first kappa shape index (κ1) is 14.4. The van der Waals surface area contributed by atoms with Gasteiger partial charge in [0.05, 0.1) is 35.1 Å². The Bertz CT molecular complexity index is 901. The molecule has 0 atom stereocenters. The summed E-state index contributed by atoms with van der Waals surface area (Å²) in [6, 6.07) is 7.59. The van der Waals surface area contributed by atoms with Crippen molar-refractivity contribution in [2.45, 2.75) is 12.4 Å². The van der Waals surface area contributed by atoms with E-state index in [1.165, 1.54) is 11.3 Å². The van der Waals surface area contributed by atoms with Crippen LogP contribution in [0.5, 0.6) is 0 Å². The Balaban J connectivity index is 1.92. The van der Waals surface area contributed by atoms with Crippen LogP contribution in [-0.4, -0.2) is 32.4 Å². The predicted octanol–water partition coefficient (Wildman–Crippen LogP) is 3.32. The molecule has 1 aromatic carbocycles. The number of carbonyl (C=O) groups is 1. The van der Waals surface area contributed by atoms with Crippen LogP contribution in [0.15, 0.2) is 36.0 Å². The van der Waals surface area contributed by atoms with Crippen LogP contribution < -0.4 is 0 Å². The van der Waals surface area contributed by atoms with E-state index in [4.69, 9.17) is 11.6 Å². The van der Waals surface area contributed by atoms with Gasteiger partial charge in [0.15, 0.2) is 0 Å². The first-order valence-electron chi connectivity index (χ1n) is 7.11. The summed E-state index contributed by atoms with van der Waals surface area (Å²) in [6.07, 6.45) is 1.76. The maximum absolute atomic E-state index is 12.6. The average molecular weight is 345 g/mol. The Kier molecular flexibility index (Phi) is 3.43. The average Bonchev–Trinajstić information content (AvgIpc) is 3.18. The fraction of sp³-hybridized carbons (Fsp3) is 0.188. The lowest BCUT2D eigenvalue weighted by atomic mass is 10.1. The molecule has 4 rings (SSSR count). The van der Waals surface area contributed by atoms with Crippen LogP contribution in [0.1, 0.15) is 21.7 Å². The topological polar surface area (TPSA) is 51.0 Å². The lowest BCUT2D eigenvalue weighted by molar-refractivity contribution is 0.0788. The normalized spacial score (nSPS) is 13.7. The van der Waals surface area contributed by atoms with Crippen molar-refractivity contribution < 1.29 is 4.79 Å². The van der Waals surface area contributed by atoms with E-state index in [1.54, 1.807) is 18.3 Å². The summed E-state index contributed by atoms with van der Waals surface area (Å²) in [7, 11) is 1.80. The number of benzene rings is 1. The summed E-state index contributed by atoms with van der Waals surface area (Å²) in [5.74, 6) is 0.393. The van der Waals surface area contributed by atoms with Crippen molar-refractivity contribution in [2.24, 2.45) is 0 Å². The zero-order valence-corrected chi connectivity index (χ0v) is 13.9. The molecule has 116 valence electrons. The Hall–Kier alpha value is -2.18. The van der Waals surface area contributed by atoms with Gasteiger partial charge < -0.3 is 4.90 Å². The molecule has 0 spiro atoms. The number of carbonyl (C=O) groups excluding carboxylic acids is 1. The molecule has 7 heteroatoms. The third kappa shape index (κ3) is 2.26. The van der Waals surface area contributed by atoms with E-state index >= 15 is 0 Å². The van der Waals surface area contributed by atoms with Gasteiger partial charge in [-0.25, -0.2) is 9.97 Å². The molecule has 5 nitrogen and oxygen atoms in total. The Morgan fingerprint density at radius 3 is 2.96 bits per heavy atom. The molecule has 0 aliphatic carbocycles. The number of alkyl halides is 1. The van der Waals surface area contributed by atoms with Crippen LogP contribution in [-0.2, 0) is 12.4 Å². The van der Waals surface area contributed by atoms with Crippen LogP contribution in [0.3, 0.4) is 0 Å². The first-order valence-corrected chi connectivity index (χ1v) is 8.52. The summed E-state index contributed by atoms with van der Waals surface area (Å²) in [5.41, 5.74) is 4.14. The minimum atomic E-state index is 0.0100. The number of rotatable bonds is 2. The van der Waals surface area contributed by atoms with Crippen molar-refractivity contribution in [2.75, 3.05) is 7.05 Å². The minimum Gasteiger partial charge on any atom is -0.336 e. The van der Waals surface area contributed by atoms with Gasteiger partial charge in [0.1, 0.15) is 17.0 Å². The number of para-hydroxylation sites is 1. The fourth-order valence-electron chi connectivity index (χ4n) is 2.75. The first-order chi connectivity index (χ1) is 11.2. The highest BCUT2D eigenvalue weighted by Gasteiger charge is 2.27. The van der Waals surface area contributed by atoms with Gasteiger partial charge in [-0.3, -0.25) is 9.36 Å². The third-order valence-corrected chi connectivity index (χ3v) is 5.06. The molecule has 1 aliphatic rings. The monoisotopic (exact) mass is 344 g/mol. The Morgan fingerprint density at radius 1 is 1.35 bits per heavy atom. The van der Waals surface area contributed by atoms with Gasteiger partial charge in [-0.2, -0.15) is 0 Å².